The standard InChI is InChI=1S/C22H23ClN4O/c1-16(2)27(15-17-8-4-3-5-9-17)22-25-13-19(14-26-22)21(28)24-12-18-10-6-7-11-20(18)23/h3-11,13-14,16H,12,15H2,1-2H3,(H,24,28). The van der Waals surface area contributed by atoms with Crippen molar-refractivity contribution in [1.82, 2.24) is 15.3 Å². The number of nitrogens with zero attached hydrogens (tertiary/aromatic N) is 3. The van der Waals surface area contributed by atoms with Gasteiger partial charge in [0.25, 0.3) is 5.91 Å². The maximum absolute atomic E-state index is 12.4. The van der Waals surface area contributed by atoms with Crippen molar-refractivity contribution >= 4 is 23.5 Å². The zero-order chi connectivity index (χ0) is 19.9. The summed E-state index contributed by atoms with van der Waals surface area (Å²) in [6, 6.07) is 17.8. The number of hydrogen-bond donors (Lipinski definition) is 1. The van der Waals surface area contributed by atoms with E-state index >= 15 is 0 Å². The summed E-state index contributed by atoms with van der Waals surface area (Å²) in [5.41, 5.74) is 2.46. The molecule has 6 heteroatoms. The number of hydrogen-bond acceptors (Lipinski definition) is 4. The Morgan fingerprint density at radius 2 is 1.68 bits per heavy atom. The van der Waals surface area contributed by atoms with E-state index in [0.29, 0.717) is 29.6 Å². The average Bonchev–Trinajstić information content (AvgIpc) is 2.72. The van der Waals surface area contributed by atoms with Crippen molar-refractivity contribution in [2.45, 2.75) is 33.0 Å². The lowest BCUT2D eigenvalue weighted by atomic mass is 10.2. The highest BCUT2D eigenvalue weighted by atomic mass is 35.5. The summed E-state index contributed by atoms with van der Waals surface area (Å²) in [4.78, 5) is 23.3. The fraction of sp³-hybridized carbons (Fsp3) is 0.227. The zero-order valence-corrected chi connectivity index (χ0v) is 16.7. The molecule has 0 spiro atoms. The molecule has 3 aromatic rings. The first kappa shape index (κ1) is 19.8. The third-order valence-corrected chi connectivity index (χ3v) is 4.74. The molecule has 0 aliphatic carbocycles. The van der Waals surface area contributed by atoms with Gasteiger partial charge in [0.15, 0.2) is 0 Å². The molecule has 1 N–H and O–H groups in total. The molecule has 0 saturated carbocycles. The molecule has 1 amide bonds. The average molecular weight is 395 g/mol. The lowest BCUT2D eigenvalue weighted by Gasteiger charge is -2.26. The van der Waals surface area contributed by atoms with Gasteiger partial charge < -0.3 is 10.2 Å². The Morgan fingerprint density at radius 1 is 1.04 bits per heavy atom. The van der Waals surface area contributed by atoms with Crippen LogP contribution in [0.2, 0.25) is 5.02 Å². The van der Waals surface area contributed by atoms with Gasteiger partial charge in [0.05, 0.1) is 5.56 Å². The molecule has 0 unspecified atom stereocenters. The minimum atomic E-state index is -0.231. The van der Waals surface area contributed by atoms with E-state index in [2.05, 4.69) is 46.2 Å². The van der Waals surface area contributed by atoms with Crippen molar-refractivity contribution in [3.63, 3.8) is 0 Å². The second-order valence-electron chi connectivity index (χ2n) is 6.75. The Morgan fingerprint density at radius 3 is 2.32 bits per heavy atom. The van der Waals surface area contributed by atoms with E-state index in [1.165, 1.54) is 5.56 Å². The van der Waals surface area contributed by atoms with Crippen LogP contribution in [0, 0.1) is 0 Å². The SMILES string of the molecule is CC(C)N(Cc1ccccc1)c1ncc(C(=O)NCc2ccccc2Cl)cn1. The van der Waals surface area contributed by atoms with Gasteiger partial charge in [0.2, 0.25) is 5.95 Å². The van der Waals surface area contributed by atoms with Crippen molar-refractivity contribution in [1.29, 1.82) is 0 Å². The van der Waals surface area contributed by atoms with Gasteiger partial charge in [-0.15, -0.1) is 0 Å². The van der Waals surface area contributed by atoms with Gasteiger partial charge in [0.1, 0.15) is 0 Å². The van der Waals surface area contributed by atoms with Gasteiger partial charge in [-0.05, 0) is 31.0 Å². The predicted molar refractivity (Wildman–Crippen MR) is 112 cm³/mol. The van der Waals surface area contributed by atoms with Crippen LogP contribution >= 0.6 is 11.6 Å². The molecule has 0 aliphatic rings. The molecule has 2 aromatic carbocycles. The Hall–Kier alpha value is -2.92. The van der Waals surface area contributed by atoms with Crippen LogP contribution in [-0.4, -0.2) is 21.9 Å². The smallest absolute Gasteiger partial charge is 0.254 e. The van der Waals surface area contributed by atoms with Crippen LogP contribution in [-0.2, 0) is 13.1 Å². The van der Waals surface area contributed by atoms with Gasteiger partial charge in [-0.25, -0.2) is 9.97 Å². The van der Waals surface area contributed by atoms with Crippen LogP contribution < -0.4 is 10.2 Å². The largest absolute Gasteiger partial charge is 0.348 e. The zero-order valence-electron chi connectivity index (χ0n) is 16.0. The molecule has 1 aromatic heterocycles. The molecule has 0 radical (unpaired) electrons. The normalized spacial score (nSPS) is 10.7. The van der Waals surface area contributed by atoms with Crippen molar-refractivity contribution < 1.29 is 4.79 Å². The molecule has 0 bridgehead atoms. The van der Waals surface area contributed by atoms with E-state index in [4.69, 9.17) is 11.6 Å². The second kappa shape index (κ2) is 9.33. The summed E-state index contributed by atoms with van der Waals surface area (Å²) in [5, 5.41) is 3.48. The van der Waals surface area contributed by atoms with Gasteiger partial charge in [-0.2, -0.15) is 0 Å². The molecule has 28 heavy (non-hydrogen) atoms. The lowest BCUT2D eigenvalue weighted by molar-refractivity contribution is 0.0950. The highest BCUT2D eigenvalue weighted by Gasteiger charge is 2.15. The van der Waals surface area contributed by atoms with E-state index < -0.39 is 0 Å². The number of aromatic nitrogens is 2. The topological polar surface area (TPSA) is 58.1 Å². The summed E-state index contributed by atoms with van der Waals surface area (Å²) in [6.45, 7) is 5.25. The van der Waals surface area contributed by atoms with E-state index in [-0.39, 0.29) is 11.9 Å². The third-order valence-electron chi connectivity index (χ3n) is 4.37. The molecular weight excluding hydrogens is 372 g/mol. The quantitative estimate of drug-likeness (QED) is 0.642. The fourth-order valence-electron chi connectivity index (χ4n) is 2.77. The molecule has 3 rings (SSSR count). The summed E-state index contributed by atoms with van der Waals surface area (Å²) in [5.74, 6) is 0.368. The summed E-state index contributed by atoms with van der Waals surface area (Å²) >= 11 is 6.12. The number of rotatable bonds is 7. The molecule has 5 nitrogen and oxygen atoms in total. The minimum absolute atomic E-state index is 0.222. The summed E-state index contributed by atoms with van der Waals surface area (Å²) < 4.78 is 0. The Bertz CT molecular complexity index is 913. The van der Waals surface area contributed by atoms with E-state index in [1.54, 1.807) is 18.5 Å². The lowest BCUT2D eigenvalue weighted by Crippen LogP contribution is -2.32. The number of benzene rings is 2. The summed E-state index contributed by atoms with van der Waals surface area (Å²) in [7, 11) is 0. The number of amides is 1. The Labute approximate surface area is 170 Å². The number of carbonyl (C=O) groups excluding carboxylic acids is 1. The number of carbonyl (C=O) groups is 1. The van der Waals surface area contributed by atoms with Crippen LogP contribution in [0.1, 0.15) is 35.3 Å². The maximum atomic E-state index is 12.4. The van der Waals surface area contributed by atoms with Crippen molar-refractivity contribution in [3.05, 3.63) is 88.7 Å². The molecule has 0 aliphatic heterocycles. The van der Waals surface area contributed by atoms with E-state index in [9.17, 15) is 4.79 Å². The first-order chi connectivity index (χ1) is 13.5. The molecule has 0 atom stereocenters. The number of anilines is 1. The van der Waals surface area contributed by atoms with Crippen molar-refractivity contribution in [2.75, 3.05) is 4.90 Å². The van der Waals surface area contributed by atoms with Crippen molar-refractivity contribution in [2.24, 2.45) is 0 Å². The van der Waals surface area contributed by atoms with Crippen LogP contribution in [0.4, 0.5) is 5.95 Å². The fourth-order valence-corrected chi connectivity index (χ4v) is 2.97. The Balaban J connectivity index is 1.67. The van der Waals surface area contributed by atoms with Crippen LogP contribution in [0.15, 0.2) is 67.0 Å². The van der Waals surface area contributed by atoms with Crippen LogP contribution in [0.25, 0.3) is 0 Å². The molecule has 0 fully saturated rings. The van der Waals surface area contributed by atoms with E-state index in [0.717, 1.165) is 5.56 Å². The molecular formula is C22H23ClN4O. The predicted octanol–water partition coefficient (Wildman–Crippen LogP) is 4.48. The van der Waals surface area contributed by atoms with Gasteiger partial charge in [-0.1, -0.05) is 60.1 Å². The minimum Gasteiger partial charge on any atom is -0.348 e. The maximum Gasteiger partial charge on any atom is 0.254 e. The van der Waals surface area contributed by atoms with Gasteiger partial charge in [0, 0.05) is 36.5 Å². The number of halogens is 1. The van der Waals surface area contributed by atoms with E-state index in [1.807, 2.05) is 36.4 Å². The molecule has 144 valence electrons. The van der Waals surface area contributed by atoms with Crippen LogP contribution in [0.3, 0.4) is 0 Å². The third kappa shape index (κ3) is 5.08. The van der Waals surface area contributed by atoms with Crippen LogP contribution in [0.5, 0.6) is 0 Å². The number of nitrogens with one attached hydrogen (secondary N) is 1. The highest BCUT2D eigenvalue weighted by Crippen LogP contribution is 2.16. The highest BCUT2D eigenvalue weighted by molar-refractivity contribution is 6.31. The van der Waals surface area contributed by atoms with Crippen molar-refractivity contribution in [3.8, 4) is 0 Å². The first-order valence-corrected chi connectivity index (χ1v) is 9.56. The Kier molecular flexibility index (Phi) is 6.61. The van der Waals surface area contributed by atoms with Gasteiger partial charge >= 0.3 is 0 Å². The summed E-state index contributed by atoms with van der Waals surface area (Å²) in [6.07, 6.45) is 3.12. The molecule has 0 saturated heterocycles. The first-order valence-electron chi connectivity index (χ1n) is 9.19. The van der Waals surface area contributed by atoms with Gasteiger partial charge in [-0.3, -0.25) is 4.79 Å². The molecule has 1 heterocycles. The second-order valence-corrected chi connectivity index (χ2v) is 7.16. The monoisotopic (exact) mass is 394 g/mol.